The number of hydrogen-bond acceptors (Lipinski definition) is 5. The second-order valence-corrected chi connectivity index (χ2v) is 10.9. The van der Waals surface area contributed by atoms with E-state index in [1.165, 1.54) is 43.4 Å². The van der Waals surface area contributed by atoms with Gasteiger partial charge in [-0.3, -0.25) is 5.10 Å². The molecule has 2 aromatic carbocycles. The van der Waals surface area contributed by atoms with Crippen LogP contribution in [-0.2, 0) is 26.3 Å². The Hall–Kier alpha value is -2.56. The predicted molar refractivity (Wildman–Crippen MR) is 112 cm³/mol. The average Bonchev–Trinajstić information content (AvgIpc) is 3.16. The van der Waals surface area contributed by atoms with E-state index in [-0.39, 0.29) is 22.2 Å². The van der Waals surface area contributed by atoms with Crippen LogP contribution in [0.15, 0.2) is 64.4 Å². The fourth-order valence-corrected chi connectivity index (χ4v) is 5.84. The first-order valence-electron chi connectivity index (χ1n) is 9.14. The van der Waals surface area contributed by atoms with Crippen LogP contribution < -0.4 is 0 Å². The zero-order valence-corrected chi connectivity index (χ0v) is 18.2. The Morgan fingerprint density at radius 2 is 1.70 bits per heavy atom. The minimum atomic E-state index is -3.96. The summed E-state index contributed by atoms with van der Waals surface area (Å²) in [5.41, 5.74) is 2.04. The molecule has 3 aromatic rings. The van der Waals surface area contributed by atoms with Gasteiger partial charge in [-0.15, -0.1) is 0 Å². The zero-order valence-electron chi connectivity index (χ0n) is 16.5. The molecule has 0 spiro atoms. The summed E-state index contributed by atoms with van der Waals surface area (Å²) in [6, 6.07) is 13.5. The molecule has 0 saturated carbocycles. The molecule has 1 N–H and O–H groups in total. The van der Waals surface area contributed by atoms with Crippen molar-refractivity contribution in [2.24, 2.45) is 0 Å². The van der Waals surface area contributed by atoms with Gasteiger partial charge < -0.3 is 0 Å². The van der Waals surface area contributed by atoms with Gasteiger partial charge in [-0.1, -0.05) is 24.3 Å². The Kier molecular flexibility index (Phi) is 6.39. The van der Waals surface area contributed by atoms with Crippen molar-refractivity contribution >= 4 is 19.9 Å². The van der Waals surface area contributed by atoms with Gasteiger partial charge in [-0.2, -0.15) is 5.10 Å². The van der Waals surface area contributed by atoms with Crippen molar-refractivity contribution in [2.75, 3.05) is 19.8 Å². The lowest BCUT2D eigenvalue weighted by Gasteiger charge is -2.18. The van der Waals surface area contributed by atoms with Crippen molar-refractivity contribution in [2.45, 2.75) is 22.6 Å². The summed E-state index contributed by atoms with van der Waals surface area (Å²) in [7, 11) is -6.23. The van der Waals surface area contributed by atoms with E-state index >= 15 is 0 Å². The predicted octanol–water partition coefficient (Wildman–Crippen LogP) is 2.87. The highest BCUT2D eigenvalue weighted by atomic mass is 32.2. The Balaban J connectivity index is 1.67. The van der Waals surface area contributed by atoms with Crippen LogP contribution >= 0.6 is 0 Å². The Morgan fingerprint density at radius 1 is 1.00 bits per heavy atom. The molecule has 0 aliphatic rings. The van der Waals surface area contributed by atoms with Crippen LogP contribution in [0.25, 0.3) is 11.3 Å². The Labute approximate surface area is 175 Å². The summed E-state index contributed by atoms with van der Waals surface area (Å²) < 4.78 is 64.1. The van der Waals surface area contributed by atoms with E-state index in [0.717, 1.165) is 16.3 Å². The van der Waals surface area contributed by atoms with Gasteiger partial charge in [0.2, 0.25) is 10.0 Å². The number of nitrogens with one attached hydrogen (secondary N) is 1. The van der Waals surface area contributed by atoms with Crippen LogP contribution in [0.3, 0.4) is 0 Å². The van der Waals surface area contributed by atoms with E-state index < -0.39 is 19.9 Å². The highest BCUT2D eigenvalue weighted by Gasteiger charge is 2.27. The lowest BCUT2D eigenvalue weighted by atomic mass is 10.1. The molecular formula is C20H22FN3O4S2. The molecule has 0 saturated heterocycles. The minimum absolute atomic E-state index is 0.189. The van der Waals surface area contributed by atoms with E-state index in [1.54, 1.807) is 18.2 Å². The van der Waals surface area contributed by atoms with Crippen molar-refractivity contribution in [3.8, 4) is 11.3 Å². The lowest BCUT2D eigenvalue weighted by Crippen LogP contribution is -2.29. The summed E-state index contributed by atoms with van der Waals surface area (Å²) >= 11 is 0. The fourth-order valence-electron chi connectivity index (χ4n) is 3.04. The lowest BCUT2D eigenvalue weighted by molar-refractivity contribution is 0.458. The summed E-state index contributed by atoms with van der Waals surface area (Å²) in [5, 5.41) is 7.05. The van der Waals surface area contributed by atoms with Gasteiger partial charge in [0.25, 0.3) is 0 Å². The molecule has 0 radical (unpaired) electrons. The molecule has 0 aliphatic carbocycles. The molecule has 0 fully saturated rings. The summed E-state index contributed by atoms with van der Waals surface area (Å²) in [6.07, 6.45) is 1.99. The molecular weight excluding hydrogens is 429 g/mol. The first-order valence-corrected chi connectivity index (χ1v) is 12.5. The third-order valence-electron chi connectivity index (χ3n) is 4.61. The number of halogens is 1. The van der Waals surface area contributed by atoms with Crippen molar-refractivity contribution in [3.63, 3.8) is 0 Å². The van der Waals surface area contributed by atoms with Crippen LogP contribution in [0, 0.1) is 5.82 Å². The van der Waals surface area contributed by atoms with Gasteiger partial charge in [0.05, 0.1) is 10.6 Å². The molecule has 1 heterocycles. The van der Waals surface area contributed by atoms with Crippen molar-refractivity contribution < 1.29 is 21.2 Å². The normalized spacial score (nSPS) is 12.4. The average molecular weight is 452 g/mol. The third kappa shape index (κ3) is 4.94. The molecule has 3 rings (SSSR count). The molecule has 1 aromatic heterocycles. The molecule has 7 nitrogen and oxygen atoms in total. The smallest absolute Gasteiger partial charge is 0.244 e. The van der Waals surface area contributed by atoms with Gasteiger partial charge in [0.1, 0.15) is 10.7 Å². The molecule has 10 heteroatoms. The third-order valence-corrected chi connectivity index (χ3v) is 7.81. The second kappa shape index (κ2) is 8.66. The Morgan fingerprint density at radius 3 is 2.37 bits per heavy atom. The number of hydrogen-bond donors (Lipinski definition) is 1. The topological polar surface area (TPSA) is 100 Å². The number of H-pyrrole nitrogens is 1. The van der Waals surface area contributed by atoms with E-state index in [0.29, 0.717) is 24.1 Å². The van der Waals surface area contributed by atoms with Crippen molar-refractivity contribution in [1.29, 1.82) is 0 Å². The Bertz CT molecular complexity index is 1250. The number of benzene rings is 2. The number of sulfonamides is 1. The number of nitrogens with zero attached hydrogens (tertiary/aromatic N) is 2. The van der Waals surface area contributed by atoms with E-state index in [2.05, 4.69) is 10.2 Å². The maximum absolute atomic E-state index is 13.4. The molecule has 30 heavy (non-hydrogen) atoms. The summed E-state index contributed by atoms with van der Waals surface area (Å²) in [6.45, 7) is 0.189. The van der Waals surface area contributed by atoms with Crippen LogP contribution in [0.2, 0.25) is 0 Å². The fraction of sp³-hybridized carbons (Fsp3) is 0.250. The second-order valence-electron chi connectivity index (χ2n) is 6.94. The number of aromatic nitrogens is 2. The van der Waals surface area contributed by atoms with Gasteiger partial charge in [-0.05, 0) is 43.2 Å². The molecule has 0 bridgehead atoms. The van der Waals surface area contributed by atoms with Gasteiger partial charge in [-0.25, -0.2) is 25.5 Å². The molecule has 160 valence electrons. The van der Waals surface area contributed by atoms with Crippen LogP contribution in [-0.4, -0.2) is 51.2 Å². The van der Waals surface area contributed by atoms with E-state index in [9.17, 15) is 21.2 Å². The SMILES string of the molecule is CN(CCCc1cc(-c2cccc(F)c2)n[nH]1)S(=O)(=O)c1ccccc1S(C)(=O)=O. The quantitative estimate of drug-likeness (QED) is 0.568. The highest BCUT2D eigenvalue weighted by molar-refractivity contribution is 7.93. The number of aromatic amines is 1. The number of aryl methyl sites for hydroxylation is 1. The molecule has 0 amide bonds. The standard InChI is InChI=1S/C20H22FN3O4S2/c1-24(30(27,28)20-11-4-3-10-19(20)29(2,25)26)12-6-9-17-14-18(23-22-17)15-7-5-8-16(21)13-15/h3-5,7-8,10-11,13-14H,6,9,12H2,1-2H3,(H,22,23). The number of sulfone groups is 1. The number of rotatable bonds is 8. The van der Waals surface area contributed by atoms with E-state index in [1.807, 2.05) is 0 Å². The van der Waals surface area contributed by atoms with E-state index in [4.69, 9.17) is 0 Å². The van der Waals surface area contributed by atoms with Crippen molar-refractivity contribution in [1.82, 2.24) is 14.5 Å². The first kappa shape index (κ1) is 22.1. The van der Waals surface area contributed by atoms with Crippen molar-refractivity contribution in [3.05, 3.63) is 66.1 Å². The molecule has 0 unspecified atom stereocenters. The van der Waals surface area contributed by atoms with Gasteiger partial charge >= 0.3 is 0 Å². The highest BCUT2D eigenvalue weighted by Crippen LogP contribution is 2.24. The summed E-state index contributed by atoms with van der Waals surface area (Å²) in [4.78, 5) is -0.449. The first-order chi connectivity index (χ1) is 14.1. The van der Waals surface area contributed by atoms with Crippen LogP contribution in [0.4, 0.5) is 4.39 Å². The maximum atomic E-state index is 13.4. The summed E-state index contributed by atoms with van der Waals surface area (Å²) in [5.74, 6) is -0.349. The van der Waals surface area contributed by atoms with Crippen LogP contribution in [0.5, 0.6) is 0 Å². The monoisotopic (exact) mass is 451 g/mol. The van der Waals surface area contributed by atoms with Gasteiger partial charge in [0, 0.05) is 31.1 Å². The minimum Gasteiger partial charge on any atom is -0.282 e. The van der Waals surface area contributed by atoms with Crippen LogP contribution in [0.1, 0.15) is 12.1 Å². The zero-order chi connectivity index (χ0) is 21.9. The largest absolute Gasteiger partial charge is 0.282 e. The molecule has 0 aliphatic heterocycles. The molecule has 0 atom stereocenters. The van der Waals surface area contributed by atoms with Gasteiger partial charge in [0.15, 0.2) is 9.84 Å². The maximum Gasteiger partial charge on any atom is 0.244 e.